The van der Waals surface area contributed by atoms with Gasteiger partial charge in [-0.05, 0) is 24.3 Å². The number of halogens is 2. The second-order valence-corrected chi connectivity index (χ2v) is 9.24. The fourth-order valence-corrected chi connectivity index (χ4v) is 4.84. The van der Waals surface area contributed by atoms with E-state index in [-0.39, 0.29) is 53.4 Å². The van der Waals surface area contributed by atoms with Crippen LogP contribution in [0.1, 0.15) is 10.4 Å². The Morgan fingerprint density at radius 3 is 2.59 bits per heavy atom. The average molecular weight is 504 g/mol. The molecule has 0 radical (unpaired) electrons. The first kappa shape index (κ1) is 24.2. The topological polar surface area (TPSA) is 124 Å². The average Bonchev–Trinajstić information content (AvgIpc) is 2.79. The van der Waals surface area contributed by atoms with E-state index in [1.807, 2.05) is 0 Å². The van der Waals surface area contributed by atoms with Crippen molar-refractivity contribution in [2.24, 2.45) is 0 Å². The molecule has 0 atom stereocenters. The summed E-state index contributed by atoms with van der Waals surface area (Å²) in [5, 5.41) is 2.80. The minimum Gasteiger partial charge on any atom is -0.495 e. The van der Waals surface area contributed by atoms with Crippen molar-refractivity contribution in [1.82, 2.24) is 9.29 Å². The number of benzene rings is 1. The molecule has 1 N–H and O–H groups in total. The van der Waals surface area contributed by atoms with Gasteiger partial charge in [0.1, 0.15) is 10.6 Å². The Hall–Kier alpha value is -2.44. The number of aromatic nitrogens is 1. The van der Waals surface area contributed by atoms with Crippen LogP contribution in [0.5, 0.6) is 5.75 Å². The van der Waals surface area contributed by atoms with Gasteiger partial charge in [-0.3, -0.25) is 4.79 Å². The molecule has 1 fully saturated rings. The van der Waals surface area contributed by atoms with Crippen molar-refractivity contribution >= 4 is 50.9 Å². The zero-order valence-electron chi connectivity index (χ0n) is 16.8. The largest absolute Gasteiger partial charge is 0.495 e. The summed E-state index contributed by atoms with van der Waals surface area (Å²) >= 11 is 11.7. The maximum atomic E-state index is 13.0. The molecule has 172 valence electrons. The van der Waals surface area contributed by atoms with Crippen LogP contribution in [-0.4, -0.2) is 69.6 Å². The summed E-state index contributed by atoms with van der Waals surface area (Å²) in [4.78, 5) is 28.2. The van der Waals surface area contributed by atoms with E-state index in [0.29, 0.717) is 5.02 Å². The van der Waals surface area contributed by atoms with Crippen LogP contribution in [0.15, 0.2) is 35.4 Å². The van der Waals surface area contributed by atoms with E-state index in [4.69, 9.17) is 37.4 Å². The van der Waals surface area contributed by atoms with E-state index in [1.165, 1.54) is 35.8 Å². The van der Waals surface area contributed by atoms with Gasteiger partial charge in [0.15, 0.2) is 12.4 Å². The molecule has 13 heteroatoms. The van der Waals surface area contributed by atoms with Crippen LogP contribution in [0.3, 0.4) is 0 Å². The molecule has 1 amide bonds. The van der Waals surface area contributed by atoms with Gasteiger partial charge in [-0.2, -0.15) is 4.31 Å². The number of nitrogens with zero attached hydrogens (tertiary/aromatic N) is 2. The van der Waals surface area contributed by atoms with Crippen molar-refractivity contribution in [2.45, 2.75) is 4.90 Å². The lowest BCUT2D eigenvalue weighted by molar-refractivity contribution is -0.119. The summed E-state index contributed by atoms with van der Waals surface area (Å²) in [5.41, 5.74) is -0.0620. The predicted molar refractivity (Wildman–Crippen MR) is 116 cm³/mol. The molecule has 1 aliphatic rings. The lowest BCUT2D eigenvalue weighted by atomic mass is 10.2. The van der Waals surface area contributed by atoms with Crippen LogP contribution in [0.25, 0.3) is 0 Å². The van der Waals surface area contributed by atoms with Gasteiger partial charge in [-0.15, -0.1) is 0 Å². The molecule has 3 rings (SSSR count). The maximum absolute atomic E-state index is 13.0. The molecule has 1 saturated heterocycles. The third kappa shape index (κ3) is 5.67. The molecule has 1 aromatic carbocycles. The normalized spacial score (nSPS) is 14.6. The third-order valence-electron chi connectivity index (χ3n) is 4.39. The van der Waals surface area contributed by atoms with Crippen LogP contribution in [0, 0.1) is 0 Å². The van der Waals surface area contributed by atoms with Gasteiger partial charge in [0.05, 0.1) is 35.9 Å². The number of carbonyl (C=O) groups is 2. The van der Waals surface area contributed by atoms with Gasteiger partial charge in [-0.25, -0.2) is 18.2 Å². The van der Waals surface area contributed by atoms with Crippen molar-refractivity contribution in [3.8, 4) is 5.75 Å². The molecular formula is C19H19Cl2N3O7S. The lowest BCUT2D eigenvalue weighted by Crippen LogP contribution is -2.40. The number of ether oxygens (including phenoxy) is 3. The number of anilines is 1. The molecule has 2 aromatic rings. The molecule has 10 nitrogen and oxygen atoms in total. The second kappa shape index (κ2) is 10.5. The van der Waals surface area contributed by atoms with E-state index in [1.54, 1.807) is 0 Å². The Balaban J connectivity index is 1.71. The third-order valence-corrected chi connectivity index (χ3v) is 6.80. The molecule has 0 bridgehead atoms. The standard InChI is InChI=1S/C19H19Cl2N3O7S/c1-29-15-3-2-12(8-16(15)32(27,28)24-4-6-30-7-5-24)19(26)31-11-17(25)23-18-14(21)9-13(20)10-22-18/h2-3,8-10H,4-7,11H2,1H3,(H,22,23,25). The highest BCUT2D eigenvalue weighted by atomic mass is 35.5. The first-order valence-electron chi connectivity index (χ1n) is 9.26. The van der Waals surface area contributed by atoms with Gasteiger partial charge in [0.2, 0.25) is 10.0 Å². The number of hydrogen-bond donors (Lipinski definition) is 1. The second-order valence-electron chi connectivity index (χ2n) is 6.49. The van der Waals surface area contributed by atoms with Crippen LogP contribution >= 0.6 is 23.2 Å². The number of morpholine rings is 1. The van der Waals surface area contributed by atoms with Crippen molar-refractivity contribution in [3.05, 3.63) is 46.1 Å². The monoisotopic (exact) mass is 503 g/mol. The number of methoxy groups -OCH3 is 1. The number of pyridine rings is 1. The fraction of sp³-hybridized carbons (Fsp3) is 0.316. The molecule has 0 spiro atoms. The predicted octanol–water partition coefficient (Wildman–Crippen LogP) is 2.21. The van der Waals surface area contributed by atoms with Crippen LogP contribution in [0.4, 0.5) is 5.82 Å². The van der Waals surface area contributed by atoms with E-state index >= 15 is 0 Å². The van der Waals surface area contributed by atoms with E-state index in [0.717, 1.165) is 6.07 Å². The van der Waals surface area contributed by atoms with E-state index in [2.05, 4.69) is 10.3 Å². The van der Waals surface area contributed by atoms with Crippen LogP contribution in [-0.2, 0) is 24.3 Å². The molecular weight excluding hydrogens is 485 g/mol. The van der Waals surface area contributed by atoms with Gasteiger partial charge >= 0.3 is 5.97 Å². The molecule has 2 heterocycles. The van der Waals surface area contributed by atoms with E-state index < -0.39 is 28.5 Å². The molecule has 0 unspecified atom stereocenters. The Labute approximate surface area is 194 Å². The minimum absolute atomic E-state index is 0.0560. The van der Waals surface area contributed by atoms with Gasteiger partial charge in [-0.1, -0.05) is 23.2 Å². The first-order valence-corrected chi connectivity index (χ1v) is 11.5. The van der Waals surface area contributed by atoms with Crippen LogP contribution < -0.4 is 10.1 Å². The molecule has 1 aromatic heterocycles. The number of sulfonamides is 1. The van der Waals surface area contributed by atoms with Crippen molar-refractivity contribution in [2.75, 3.05) is 45.3 Å². The highest BCUT2D eigenvalue weighted by molar-refractivity contribution is 7.89. The van der Waals surface area contributed by atoms with Gasteiger partial charge < -0.3 is 19.5 Å². The molecule has 0 saturated carbocycles. The van der Waals surface area contributed by atoms with Crippen LogP contribution in [0.2, 0.25) is 10.0 Å². The Morgan fingerprint density at radius 2 is 1.94 bits per heavy atom. The number of esters is 1. The zero-order valence-corrected chi connectivity index (χ0v) is 19.2. The number of rotatable bonds is 7. The van der Waals surface area contributed by atoms with Crippen molar-refractivity contribution in [1.29, 1.82) is 0 Å². The minimum atomic E-state index is -3.93. The summed E-state index contributed by atoms with van der Waals surface area (Å²) in [6.45, 7) is 0.260. The molecule has 1 aliphatic heterocycles. The fourth-order valence-electron chi connectivity index (χ4n) is 2.82. The number of amides is 1. The van der Waals surface area contributed by atoms with Gasteiger partial charge in [0.25, 0.3) is 5.91 Å². The summed E-state index contributed by atoms with van der Waals surface area (Å²) < 4.78 is 42.6. The number of nitrogens with one attached hydrogen (secondary N) is 1. The Bertz CT molecular complexity index is 1120. The summed E-state index contributed by atoms with van der Waals surface area (Å²) in [6.07, 6.45) is 1.29. The van der Waals surface area contributed by atoms with Gasteiger partial charge in [0, 0.05) is 19.3 Å². The quantitative estimate of drug-likeness (QED) is 0.570. The van der Waals surface area contributed by atoms with Crippen molar-refractivity contribution < 1.29 is 32.2 Å². The number of carbonyl (C=O) groups excluding carboxylic acids is 2. The first-order chi connectivity index (χ1) is 15.2. The lowest BCUT2D eigenvalue weighted by Gasteiger charge is -2.26. The smallest absolute Gasteiger partial charge is 0.338 e. The Kier molecular flexibility index (Phi) is 7.91. The summed E-state index contributed by atoms with van der Waals surface area (Å²) in [5.74, 6) is -1.45. The highest BCUT2D eigenvalue weighted by Gasteiger charge is 2.30. The number of hydrogen-bond acceptors (Lipinski definition) is 8. The van der Waals surface area contributed by atoms with Crippen molar-refractivity contribution in [3.63, 3.8) is 0 Å². The maximum Gasteiger partial charge on any atom is 0.338 e. The summed E-state index contributed by atoms with van der Waals surface area (Å²) in [7, 11) is -2.61. The van der Waals surface area contributed by atoms with E-state index in [9.17, 15) is 18.0 Å². The molecule has 0 aliphatic carbocycles. The zero-order chi connectivity index (χ0) is 23.3. The highest BCUT2D eigenvalue weighted by Crippen LogP contribution is 2.29. The molecule has 32 heavy (non-hydrogen) atoms. The Morgan fingerprint density at radius 1 is 1.22 bits per heavy atom. The SMILES string of the molecule is COc1ccc(C(=O)OCC(=O)Nc2ncc(Cl)cc2Cl)cc1S(=O)(=O)N1CCOCC1. The summed E-state index contributed by atoms with van der Waals surface area (Å²) in [6, 6.07) is 5.24.